The lowest BCUT2D eigenvalue weighted by molar-refractivity contribution is 0.272. The van der Waals surface area contributed by atoms with Crippen LogP contribution in [-0.4, -0.2) is 13.1 Å². The molecule has 0 saturated heterocycles. The van der Waals surface area contributed by atoms with Gasteiger partial charge in [-0.2, -0.15) is 0 Å². The Balaban J connectivity index is 1.51. The SMILES string of the molecule is CC1CCC(CCNC2CCNCc3ccccc32)CC1. The Kier molecular flexibility index (Phi) is 5.32. The molecule has 1 atom stereocenters. The highest BCUT2D eigenvalue weighted by Crippen LogP contribution is 2.30. The van der Waals surface area contributed by atoms with E-state index in [1.807, 2.05) is 0 Å². The molecule has 0 radical (unpaired) electrons. The highest BCUT2D eigenvalue weighted by Gasteiger charge is 2.20. The van der Waals surface area contributed by atoms with Crippen LogP contribution in [0.25, 0.3) is 0 Å². The number of benzene rings is 1. The minimum absolute atomic E-state index is 0.540. The van der Waals surface area contributed by atoms with Crippen molar-refractivity contribution in [1.82, 2.24) is 10.6 Å². The van der Waals surface area contributed by atoms with Gasteiger partial charge >= 0.3 is 0 Å². The van der Waals surface area contributed by atoms with E-state index in [9.17, 15) is 0 Å². The third-order valence-corrected chi connectivity index (χ3v) is 5.43. The van der Waals surface area contributed by atoms with E-state index in [1.165, 1.54) is 56.2 Å². The van der Waals surface area contributed by atoms with Crippen LogP contribution in [-0.2, 0) is 6.54 Å². The summed E-state index contributed by atoms with van der Waals surface area (Å²) in [5.41, 5.74) is 2.98. The van der Waals surface area contributed by atoms with E-state index >= 15 is 0 Å². The average molecular weight is 286 g/mol. The number of hydrogen-bond donors (Lipinski definition) is 2. The van der Waals surface area contributed by atoms with Crippen molar-refractivity contribution in [3.8, 4) is 0 Å². The lowest BCUT2D eigenvalue weighted by atomic mass is 9.81. The van der Waals surface area contributed by atoms with Gasteiger partial charge in [-0.15, -0.1) is 0 Å². The molecule has 0 spiro atoms. The summed E-state index contributed by atoms with van der Waals surface area (Å²) in [5, 5.41) is 7.37. The summed E-state index contributed by atoms with van der Waals surface area (Å²) in [6.07, 6.45) is 8.36. The molecule has 2 nitrogen and oxygen atoms in total. The third-order valence-electron chi connectivity index (χ3n) is 5.43. The number of rotatable bonds is 4. The fourth-order valence-electron chi connectivity index (χ4n) is 3.95. The van der Waals surface area contributed by atoms with E-state index in [4.69, 9.17) is 0 Å². The van der Waals surface area contributed by atoms with Gasteiger partial charge in [-0.1, -0.05) is 56.9 Å². The lowest BCUT2D eigenvalue weighted by Crippen LogP contribution is -2.26. The maximum atomic E-state index is 3.84. The monoisotopic (exact) mass is 286 g/mol. The molecule has 116 valence electrons. The Morgan fingerprint density at radius 3 is 2.76 bits per heavy atom. The van der Waals surface area contributed by atoms with Crippen LogP contribution in [0.4, 0.5) is 0 Å². The van der Waals surface area contributed by atoms with E-state index in [0.717, 1.165) is 24.9 Å². The second-order valence-electron chi connectivity index (χ2n) is 7.09. The molecule has 1 aromatic rings. The summed E-state index contributed by atoms with van der Waals surface area (Å²) >= 11 is 0. The topological polar surface area (TPSA) is 24.1 Å². The quantitative estimate of drug-likeness (QED) is 0.873. The van der Waals surface area contributed by atoms with Crippen LogP contribution < -0.4 is 10.6 Å². The normalized spacial score (nSPS) is 29.7. The number of hydrogen-bond acceptors (Lipinski definition) is 2. The highest BCUT2D eigenvalue weighted by molar-refractivity contribution is 5.30. The first-order chi connectivity index (χ1) is 10.3. The molecule has 0 bridgehead atoms. The maximum Gasteiger partial charge on any atom is 0.0335 e. The molecule has 2 heteroatoms. The van der Waals surface area contributed by atoms with Crippen molar-refractivity contribution in [1.29, 1.82) is 0 Å². The van der Waals surface area contributed by atoms with E-state index in [1.54, 1.807) is 0 Å². The van der Waals surface area contributed by atoms with Gasteiger partial charge in [0, 0.05) is 12.6 Å². The van der Waals surface area contributed by atoms with Crippen LogP contribution in [0.2, 0.25) is 0 Å². The first kappa shape index (κ1) is 15.1. The molecule has 1 saturated carbocycles. The zero-order valence-corrected chi connectivity index (χ0v) is 13.4. The molecule has 2 aliphatic rings. The first-order valence-electron chi connectivity index (χ1n) is 8.85. The number of nitrogens with one attached hydrogen (secondary N) is 2. The number of fused-ring (bicyclic) bond motifs is 1. The highest BCUT2D eigenvalue weighted by atomic mass is 14.9. The Bertz CT molecular complexity index is 435. The van der Waals surface area contributed by atoms with Gasteiger partial charge < -0.3 is 10.6 Å². The molecule has 1 heterocycles. The summed E-state index contributed by atoms with van der Waals surface area (Å²) < 4.78 is 0. The summed E-state index contributed by atoms with van der Waals surface area (Å²) in [7, 11) is 0. The third kappa shape index (κ3) is 4.08. The van der Waals surface area contributed by atoms with E-state index in [0.29, 0.717) is 6.04 Å². The van der Waals surface area contributed by atoms with Gasteiger partial charge in [0.25, 0.3) is 0 Å². The lowest BCUT2D eigenvalue weighted by Gasteiger charge is -2.27. The minimum Gasteiger partial charge on any atom is -0.313 e. The van der Waals surface area contributed by atoms with Gasteiger partial charge in [0.2, 0.25) is 0 Å². The van der Waals surface area contributed by atoms with Gasteiger partial charge in [-0.25, -0.2) is 0 Å². The van der Waals surface area contributed by atoms with Crippen LogP contribution in [0.1, 0.15) is 62.6 Å². The van der Waals surface area contributed by atoms with E-state index in [-0.39, 0.29) is 0 Å². The maximum absolute atomic E-state index is 3.84. The molecular formula is C19H30N2. The zero-order chi connectivity index (χ0) is 14.5. The van der Waals surface area contributed by atoms with Crippen molar-refractivity contribution in [2.24, 2.45) is 11.8 Å². The van der Waals surface area contributed by atoms with Gasteiger partial charge in [-0.3, -0.25) is 0 Å². The van der Waals surface area contributed by atoms with Crippen molar-refractivity contribution in [2.45, 2.75) is 58.0 Å². The average Bonchev–Trinajstić information content (AvgIpc) is 2.72. The molecule has 1 fully saturated rings. The standard InChI is InChI=1S/C19H30N2/c1-15-6-8-16(9-7-15)10-13-21-19-11-12-20-14-17-4-2-3-5-18(17)19/h2-5,15-16,19-21H,6-14H2,1H3. The van der Waals surface area contributed by atoms with E-state index < -0.39 is 0 Å². The summed E-state index contributed by atoms with van der Waals surface area (Å²) in [5.74, 6) is 1.93. The van der Waals surface area contributed by atoms with Crippen molar-refractivity contribution in [2.75, 3.05) is 13.1 Å². The van der Waals surface area contributed by atoms with Crippen LogP contribution in [0.15, 0.2) is 24.3 Å². The fraction of sp³-hybridized carbons (Fsp3) is 0.684. The van der Waals surface area contributed by atoms with Crippen molar-refractivity contribution in [3.05, 3.63) is 35.4 Å². The van der Waals surface area contributed by atoms with Crippen LogP contribution in [0.5, 0.6) is 0 Å². The molecule has 21 heavy (non-hydrogen) atoms. The van der Waals surface area contributed by atoms with Crippen LogP contribution >= 0.6 is 0 Å². The molecular weight excluding hydrogens is 256 g/mol. The fourth-order valence-corrected chi connectivity index (χ4v) is 3.95. The molecule has 1 unspecified atom stereocenters. The molecule has 0 aromatic heterocycles. The summed E-state index contributed by atoms with van der Waals surface area (Å²) in [4.78, 5) is 0. The van der Waals surface area contributed by atoms with Crippen molar-refractivity contribution >= 4 is 0 Å². The molecule has 2 N–H and O–H groups in total. The molecule has 1 aliphatic heterocycles. The Labute approximate surface area is 129 Å². The second-order valence-corrected chi connectivity index (χ2v) is 7.09. The van der Waals surface area contributed by atoms with Gasteiger partial charge in [0.1, 0.15) is 0 Å². The molecule has 0 amide bonds. The van der Waals surface area contributed by atoms with Gasteiger partial charge in [0.15, 0.2) is 0 Å². The van der Waals surface area contributed by atoms with Crippen LogP contribution in [0, 0.1) is 11.8 Å². The molecule has 1 aliphatic carbocycles. The second kappa shape index (κ2) is 7.42. The summed E-state index contributed by atoms with van der Waals surface area (Å²) in [6, 6.07) is 9.46. The Morgan fingerprint density at radius 1 is 1.10 bits per heavy atom. The Hall–Kier alpha value is -0.860. The summed E-state index contributed by atoms with van der Waals surface area (Å²) in [6.45, 7) is 5.73. The predicted molar refractivity (Wildman–Crippen MR) is 89.2 cm³/mol. The van der Waals surface area contributed by atoms with Gasteiger partial charge in [0.05, 0.1) is 0 Å². The van der Waals surface area contributed by atoms with E-state index in [2.05, 4.69) is 41.8 Å². The molecule has 1 aromatic carbocycles. The smallest absolute Gasteiger partial charge is 0.0335 e. The van der Waals surface area contributed by atoms with Gasteiger partial charge in [-0.05, 0) is 48.9 Å². The first-order valence-corrected chi connectivity index (χ1v) is 8.85. The van der Waals surface area contributed by atoms with Crippen molar-refractivity contribution in [3.63, 3.8) is 0 Å². The Morgan fingerprint density at radius 2 is 1.90 bits per heavy atom. The minimum atomic E-state index is 0.540. The van der Waals surface area contributed by atoms with Crippen molar-refractivity contribution < 1.29 is 0 Å². The predicted octanol–water partition coefficient (Wildman–Crippen LogP) is 4.03. The molecule has 3 rings (SSSR count). The van der Waals surface area contributed by atoms with Crippen LogP contribution in [0.3, 0.4) is 0 Å². The largest absolute Gasteiger partial charge is 0.313 e. The zero-order valence-electron chi connectivity index (χ0n) is 13.4.